The first-order valence-electron chi connectivity index (χ1n) is 7.88. The molecule has 1 N–H and O–H groups in total. The average molecular weight is 435 g/mol. The molecule has 0 radical (unpaired) electrons. The Balaban J connectivity index is 2.21. The van der Waals surface area contributed by atoms with Crippen molar-refractivity contribution in [2.24, 2.45) is 0 Å². The standard InChI is InChI=1S/C17H14ClF3N2O6/c1-22-28-9-16(24)27-8-10-6-12(3-4-14(10)23(25)26)29-15-5-2-11(7-13(15)18)17(19,20)21/h2-7,22H,8-9H2,1H3. The minimum Gasteiger partial charge on any atom is -0.459 e. The van der Waals surface area contributed by atoms with E-state index in [2.05, 4.69) is 10.3 Å². The Kier molecular flexibility index (Phi) is 7.37. The van der Waals surface area contributed by atoms with E-state index in [-0.39, 0.29) is 27.8 Å². The van der Waals surface area contributed by atoms with Crippen molar-refractivity contribution in [3.63, 3.8) is 0 Å². The first-order valence-corrected chi connectivity index (χ1v) is 8.25. The molecule has 0 saturated carbocycles. The molecule has 0 spiro atoms. The van der Waals surface area contributed by atoms with Crippen molar-refractivity contribution in [1.82, 2.24) is 5.48 Å². The number of carbonyl (C=O) groups is 1. The molecule has 0 bridgehead atoms. The van der Waals surface area contributed by atoms with Crippen molar-refractivity contribution >= 4 is 23.3 Å². The molecule has 2 aromatic carbocycles. The quantitative estimate of drug-likeness (QED) is 0.376. The molecule has 2 aromatic rings. The molecule has 0 aliphatic carbocycles. The molecule has 0 amide bonds. The van der Waals surface area contributed by atoms with Gasteiger partial charge in [-0.3, -0.25) is 15.0 Å². The third-order valence-electron chi connectivity index (χ3n) is 3.46. The molecule has 12 heteroatoms. The molecule has 8 nitrogen and oxygen atoms in total. The van der Waals surface area contributed by atoms with Gasteiger partial charge >= 0.3 is 12.1 Å². The third-order valence-corrected chi connectivity index (χ3v) is 3.75. The SMILES string of the molecule is CNOCC(=O)OCc1cc(Oc2ccc(C(F)(F)F)cc2Cl)ccc1[N+](=O)[O-]. The average Bonchev–Trinajstić information content (AvgIpc) is 2.65. The van der Waals surface area contributed by atoms with Gasteiger partial charge in [-0.1, -0.05) is 11.6 Å². The van der Waals surface area contributed by atoms with Crippen LogP contribution >= 0.6 is 11.6 Å². The fourth-order valence-corrected chi connectivity index (χ4v) is 2.36. The molecular formula is C17H14ClF3N2O6. The molecule has 0 aliphatic heterocycles. The lowest BCUT2D eigenvalue weighted by Crippen LogP contribution is -2.18. The van der Waals surface area contributed by atoms with E-state index in [9.17, 15) is 28.1 Å². The summed E-state index contributed by atoms with van der Waals surface area (Å²) in [5, 5.41) is 10.9. The lowest BCUT2D eigenvalue weighted by Gasteiger charge is -2.12. The fraction of sp³-hybridized carbons (Fsp3) is 0.235. The van der Waals surface area contributed by atoms with E-state index < -0.39 is 35.8 Å². The van der Waals surface area contributed by atoms with E-state index >= 15 is 0 Å². The Morgan fingerprint density at radius 3 is 2.55 bits per heavy atom. The number of nitro benzene ring substituents is 1. The predicted octanol–water partition coefficient (Wildman–Crippen LogP) is 4.25. The number of esters is 1. The summed E-state index contributed by atoms with van der Waals surface area (Å²) in [5.41, 5.74) is 0.993. The Labute approximate surface area is 167 Å². The Bertz CT molecular complexity index is 907. The summed E-state index contributed by atoms with van der Waals surface area (Å²) >= 11 is 5.84. The van der Waals surface area contributed by atoms with Gasteiger partial charge in [-0.15, -0.1) is 0 Å². The van der Waals surface area contributed by atoms with Crippen molar-refractivity contribution in [3.8, 4) is 11.5 Å². The molecule has 0 saturated heterocycles. The van der Waals surface area contributed by atoms with E-state index in [1.165, 1.54) is 19.2 Å². The minimum atomic E-state index is -4.57. The van der Waals surface area contributed by atoms with Gasteiger partial charge in [0.25, 0.3) is 5.69 Å². The maximum Gasteiger partial charge on any atom is 0.416 e. The van der Waals surface area contributed by atoms with E-state index in [1.54, 1.807) is 0 Å². The van der Waals surface area contributed by atoms with Gasteiger partial charge in [-0.2, -0.15) is 13.2 Å². The number of carbonyl (C=O) groups excluding carboxylic acids is 1. The maximum absolute atomic E-state index is 12.7. The van der Waals surface area contributed by atoms with Crippen molar-refractivity contribution in [3.05, 3.63) is 62.7 Å². The van der Waals surface area contributed by atoms with Gasteiger partial charge in [0.15, 0.2) is 6.61 Å². The lowest BCUT2D eigenvalue weighted by atomic mass is 10.1. The van der Waals surface area contributed by atoms with Crippen molar-refractivity contribution in [2.45, 2.75) is 12.8 Å². The van der Waals surface area contributed by atoms with Crippen molar-refractivity contribution in [2.75, 3.05) is 13.7 Å². The lowest BCUT2D eigenvalue weighted by molar-refractivity contribution is -0.385. The number of hydroxylamine groups is 1. The predicted molar refractivity (Wildman–Crippen MR) is 94.4 cm³/mol. The molecule has 0 aromatic heterocycles. The van der Waals surface area contributed by atoms with Crippen LogP contribution in [0.3, 0.4) is 0 Å². The molecule has 156 valence electrons. The first kappa shape index (κ1) is 22.4. The van der Waals surface area contributed by atoms with Crippen molar-refractivity contribution in [1.29, 1.82) is 0 Å². The maximum atomic E-state index is 12.7. The van der Waals surface area contributed by atoms with Gasteiger partial charge in [0.1, 0.15) is 18.1 Å². The van der Waals surface area contributed by atoms with Crippen LogP contribution in [0.5, 0.6) is 11.5 Å². The highest BCUT2D eigenvalue weighted by atomic mass is 35.5. The van der Waals surface area contributed by atoms with E-state index in [0.717, 1.165) is 18.2 Å². The molecular weight excluding hydrogens is 421 g/mol. The number of nitrogens with zero attached hydrogens (tertiary/aromatic N) is 1. The number of rotatable bonds is 8. The highest BCUT2D eigenvalue weighted by Crippen LogP contribution is 2.37. The first-order chi connectivity index (χ1) is 13.6. The van der Waals surface area contributed by atoms with Crippen LogP contribution in [-0.2, 0) is 27.2 Å². The van der Waals surface area contributed by atoms with Crippen molar-refractivity contribution < 1.29 is 37.2 Å². The molecule has 0 fully saturated rings. The summed E-state index contributed by atoms with van der Waals surface area (Å²) in [6.07, 6.45) is -4.57. The van der Waals surface area contributed by atoms with Gasteiger partial charge in [0.05, 0.1) is 21.1 Å². The number of hydrogen-bond acceptors (Lipinski definition) is 7. The van der Waals surface area contributed by atoms with Crippen LogP contribution in [0.25, 0.3) is 0 Å². The summed E-state index contributed by atoms with van der Waals surface area (Å²) in [7, 11) is 1.44. The van der Waals surface area contributed by atoms with E-state index in [1.807, 2.05) is 0 Å². The van der Waals surface area contributed by atoms with Crippen LogP contribution in [-0.4, -0.2) is 24.5 Å². The number of hydrogen-bond donors (Lipinski definition) is 1. The van der Waals surface area contributed by atoms with Crippen LogP contribution in [0.4, 0.5) is 18.9 Å². The number of benzene rings is 2. The number of alkyl halides is 3. The van der Waals surface area contributed by atoms with Gasteiger partial charge in [-0.25, -0.2) is 10.3 Å². The summed E-state index contributed by atoms with van der Waals surface area (Å²) < 4.78 is 48.4. The monoisotopic (exact) mass is 434 g/mol. The van der Waals surface area contributed by atoms with Crippen LogP contribution in [0.2, 0.25) is 5.02 Å². The topological polar surface area (TPSA) is 99.9 Å². The van der Waals surface area contributed by atoms with Gasteiger partial charge in [0, 0.05) is 13.1 Å². The van der Waals surface area contributed by atoms with Crippen LogP contribution in [0, 0.1) is 10.1 Å². The number of halogens is 4. The zero-order chi connectivity index (χ0) is 21.6. The second kappa shape index (κ2) is 9.54. The summed E-state index contributed by atoms with van der Waals surface area (Å²) in [6.45, 7) is -0.859. The molecule has 0 heterocycles. The number of ether oxygens (including phenoxy) is 2. The van der Waals surface area contributed by atoms with Gasteiger partial charge in [-0.05, 0) is 30.3 Å². The summed E-state index contributed by atoms with van der Waals surface area (Å²) in [6, 6.07) is 6.09. The molecule has 0 atom stereocenters. The van der Waals surface area contributed by atoms with Crippen LogP contribution in [0.15, 0.2) is 36.4 Å². The largest absolute Gasteiger partial charge is 0.459 e. The van der Waals surface area contributed by atoms with E-state index in [0.29, 0.717) is 6.07 Å². The third kappa shape index (κ3) is 6.31. The van der Waals surface area contributed by atoms with Crippen LogP contribution in [0.1, 0.15) is 11.1 Å². The zero-order valence-electron chi connectivity index (χ0n) is 14.8. The minimum absolute atomic E-state index is 0.00772. The smallest absolute Gasteiger partial charge is 0.416 e. The van der Waals surface area contributed by atoms with Crippen LogP contribution < -0.4 is 10.2 Å². The molecule has 29 heavy (non-hydrogen) atoms. The van der Waals surface area contributed by atoms with Gasteiger partial charge < -0.3 is 9.47 Å². The zero-order valence-corrected chi connectivity index (χ0v) is 15.5. The van der Waals surface area contributed by atoms with E-state index in [4.69, 9.17) is 21.1 Å². The molecule has 0 unspecified atom stereocenters. The van der Waals surface area contributed by atoms with Gasteiger partial charge in [0.2, 0.25) is 0 Å². The molecule has 0 aliphatic rings. The fourth-order valence-electron chi connectivity index (χ4n) is 2.14. The Morgan fingerprint density at radius 2 is 1.97 bits per heavy atom. The summed E-state index contributed by atoms with van der Waals surface area (Å²) in [4.78, 5) is 26.6. The number of nitrogens with one attached hydrogen (secondary N) is 1. The Morgan fingerprint density at radius 1 is 1.24 bits per heavy atom. The second-order valence-electron chi connectivity index (χ2n) is 5.45. The highest BCUT2D eigenvalue weighted by molar-refractivity contribution is 6.32. The second-order valence-corrected chi connectivity index (χ2v) is 5.85. The Hall–Kier alpha value is -2.89. The molecule has 2 rings (SSSR count). The highest BCUT2D eigenvalue weighted by Gasteiger charge is 2.31. The normalized spacial score (nSPS) is 11.2. The number of nitro groups is 1. The summed E-state index contributed by atoms with van der Waals surface area (Å²) in [5.74, 6) is -0.806.